The molecular weight excluding hydrogens is 474 g/mol. The molecule has 0 atom stereocenters. The lowest BCUT2D eigenvalue weighted by Gasteiger charge is -2.19. The molecule has 2 amide bonds. The Hall–Kier alpha value is -3.44. The zero-order valence-corrected chi connectivity index (χ0v) is 20.2. The van der Waals surface area contributed by atoms with Crippen molar-refractivity contribution in [3.63, 3.8) is 0 Å². The van der Waals surface area contributed by atoms with E-state index in [1.54, 1.807) is 20.8 Å². The Labute approximate surface area is 203 Å². The summed E-state index contributed by atoms with van der Waals surface area (Å²) in [6.07, 6.45) is 4.34. The summed E-state index contributed by atoms with van der Waals surface area (Å²) in [5, 5.41) is 8.80. The zero-order chi connectivity index (χ0) is 23.7. The van der Waals surface area contributed by atoms with Crippen LogP contribution in [0.15, 0.2) is 45.5 Å². The molecular formula is C23H23N5O4S2. The van der Waals surface area contributed by atoms with Crippen molar-refractivity contribution in [2.45, 2.75) is 25.9 Å². The van der Waals surface area contributed by atoms with Gasteiger partial charge in [-0.05, 0) is 22.4 Å². The van der Waals surface area contributed by atoms with Crippen molar-refractivity contribution >= 4 is 39.4 Å². The maximum absolute atomic E-state index is 13.1. The Kier molecular flexibility index (Phi) is 6.20. The van der Waals surface area contributed by atoms with Crippen molar-refractivity contribution in [3.8, 4) is 5.75 Å². The molecule has 0 fully saturated rings. The van der Waals surface area contributed by atoms with E-state index in [0.29, 0.717) is 49.6 Å². The van der Waals surface area contributed by atoms with Crippen molar-refractivity contribution < 1.29 is 14.3 Å². The average molecular weight is 498 g/mol. The van der Waals surface area contributed by atoms with Gasteiger partial charge in [0.05, 0.1) is 19.2 Å². The number of thiophene rings is 1. The summed E-state index contributed by atoms with van der Waals surface area (Å²) in [4.78, 5) is 46.0. The molecule has 0 aliphatic carbocycles. The fraction of sp³-hybridized carbons (Fsp3) is 0.304. The second kappa shape index (κ2) is 9.43. The van der Waals surface area contributed by atoms with Gasteiger partial charge in [0.1, 0.15) is 11.3 Å². The van der Waals surface area contributed by atoms with Gasteiger partial charge in [0, 0.05) is 62.1 Å². The van der Waals surface area contributed by atoms with Gasteiger partial charge in [-0.15, -0.1) is 11.3 Å². The molecule has 176 valence electrons. The first-order valence-electron chi connectivity index (χ1n) is 10.8. The number of carbonyl (C=O) groups is 2. The number of nitrogens with one attached hydrogen (secondary N) is 1. The number of ether oxygens (including phenoxy) is 1. The van der Waals surface area contributed by atoms with Crippen LogP contribution in [0.4, 0.5) is 0 Å². The van der Waals surface area contributed by atoms with Crippen molar-refractivity contribution in [3.05, 3.63) is 73.5 Å². The molecule has 5 heterocycles. The molecule has 1 aliphatic rings. The van der Waals surface area contributed by atoms with Crippen LogP contribution in [-0.2, 0) is 30.7 Å². The van der Waals surface area contributed by atoms with E-state index in [0.717, 1.165) is 10.5 Å². The molecule has 0 saturated carbocycles. The molecule has 5 rings (SSSR count). The highest BCUT2D eigenvalue weighted by Crippen LogP contribution is 2.23. The fourth-order valence-corrected chi connectivity index (χ4v) is 5.58. The lowest BCUT2D eigenvalue weighted by molar-refractivity contribution is -0.130. The van der Waals surface area contributed by atoms with Gasteiger partial charge >= 0.3 is 0 Å². The molecule has 4 aromatic rings. The molecule has 0 radical (unpaired) electrons. The topological polar surface area (TPSA) is 97.9 Å². The van der Waals surface area contributed by atoms with Crippen molar-refractivity contribution in [1.82, 2.24) is 24.2 Å². The van der Waals surface area contributed by atoms with Crippen LogP contribution in [0.3, 0.4) is 0 Å². The first-order chi connectivity index (χ1) is 16.5. The molecule has 34 heavy (non-hydrogen) atoms. The van der Waals surface area contributed by atoms with Gasteiger partial charge in [0.15, 0.2) is 4.96 Å². The monoisotopic (exact) mass is 497 g/mol. The van der Waals surface area contributed by atoms with Gasteiger partial charge in [0.25, 0.3) is 11.5 Å². The van der Waals surface area contributed by atoms with Crippen LogP contribution in [0, 0.1) is 0 Å². The Morgan fingerprint density at radius 1 is 1.24 bits per heavy atom. The number of fused-ring (bicyclic) bond motifs is 2. The van der Waals surface area contributed by atoms with E-state index in [-0.39, 0.29) is 29.5 Å². The summed E-state index contributed by atoms with van der Waals surface area (Å²) in [5.41, 5.74) is 2.41. The third kappa shape index (κ3) is 4.36. The number of nitrogens with zero attached hydrogens (tertiary/aromatic N) is 4. The second-order valence-electron chi connectivity index (χ2n) is 7.97. The minimum atomic E-state index is -0.301. The Bertz CT molecular complexity index is 1370. The molecule has 0 aromatic carbocycles. The first-order valence-corrected chi connectivity index (χ1v) is 12.6. The quantitative estimate of drug-likeness (QED) is 0.440. The molecule has 0 spiro atoms. The smallest absolute Gasteiger partial charge is 0.257 e. The number of rotatable bonds is 6. The Morgan fingerprint density at radius 2 is 2.12 bits per heavy atom. The summed E-state index contributed by atoms with van der Waals surface area (Å²) < 4.78 is 8.89. The number of pyridine rings is 1. The standard InChI is InChI=1S/C23H23N5O4S2/c1-32-18-11-20(30)28-6-5-26(19(29)10-16-13-27-7-9-34-23(27)25-16)4-2-17(28)21(18)22(31)24-12-15-3-8-33-14-15/h3,7-9,11,13-14H,2,4-6,10,12H2,1H3,(H,24,31). The number of hydrogen-bond donors (Lipinski definition) is 1. The summed E-state index contributed by atoms with van der Waals surface area (Å²) >= 11 is 3.08. The molecule has 1 N–H and O–H groups in total. The Balaban J connectivity index is 1.36. The fourth-order valence-electron chi connectivity index (χ4n) is 4.20. The summed E-state index contributed by atoms with van der Waals surface area (Å²) in [7, 11) is 1.45. The van der Waals surface area contributed by atoms with Crippen molar-refractivity contribution in [2.75, 3.05) is 20.2 Å². The summed E-state index contributed by atoms with van der Waals surface area (Å²) in [5.74, 6) is -0.108. The van der Waals surface area contributed by atoms with Gasteiger partial charge in [-0.2, -0.15) is 11.3 Å². The van der Waals surface area contributed by atoms with Crippen molar-refractivity contribution in [2.24, 2.45) is 0 Å². The number of carbonyl (C=O) groups excluding carboxylic acids is 2. The largest absolute Gasteiger partial charge is 0.496 e. The third-order valence-electron chi connectivity index (χ3n) is 5.90. The van der Waals surface area contributed by atoms with Crippen LogP contribution in [0.1, 0.15) is 27.3 Å². The highest BCUT2D eigenvalue weighted by atomic mass is 32.1. The lowest BCUT2D eigenvalue weighted by atomic mass is 10.1. The molecule has 11 heteroatoms. The van der Waals surface area contributed by atoms with Crippen LogP contribution in [-0.4, -0.2) is 50.9 Å². The van der Waals surface area contributed by atoms with Gasteiger partial charge in [0.2, 0.25) is 5.91 Å². The maximum Gasteiger partial charge on any atom is 0.257 e. The highest BCUT2D eigenvalue weighted by molar-refractivity contribution is 7.15. The normalized spacial score (nSPS) is 13.5. The molecule has 1 aliphatic heterocycles. The van der Waals surface area contributed by atoms with E-state index in [4.69, 9.17) is 4.74 Å². The SMILES string of the molecule is COc1cc(=O)n2c(c1C(=O)NCc1ccsc1)CCN(C(=O)Cc1cn3ccsc3n1)CC2. The van der Waals surface area contributed by atoms with Gasteiger partial charge in [-0.1, -0.05) is 0 Å². The molecule has 4 aromatic heterocycles. The number of thiazole rings is 1. The van der Waals surface area contributed by atoms with E-state index in [1.165, 1.54) is 24.5 Å². The lowest BCUT2D eigenvalue weighted by Crippen LogP contribution is -2.35. The first kappa shape index (κ1) is 22.4. The van der Waals surface area contributed by atoms with E-state index < -0.39 is 0 Å². The minimum absolute atomic E-state index is 0.0537. The maximum atomic E-state index is 13.1. The third-order valence-corrected chi connectivity index (χ3v) is 7.40. The molecule has 0 saturated heterocycles. The predicted molar refractivity (Wildman–Crippen MR) is 130 cm³/mol. The van der Waals surface area contributed by atoms with Crippen molar-refractivity contribution in [1.29, 1.82) is 0 Å². The van der Waals surface area contributed by atoms with Crippen LogP contribution in [0.5, 0.6) is 5.75 Å². The summed E-state index contributed by atoms with van der Waals surface area (Å²) in [6, 6.07) is 3.30. The van der Waals surface area contributed by atoms with Crippen LogP contribution in [0.2, 0.25) is 0 Å². The van der Waals surface area contributed by atoms with E-state index in [1.807, 2.05) is 39.0 Å². The van der Waals surface area contributed by atoms with Crippen LogP contribution < -0.4 is 15.6 Å². The van der Waals surface area contributed by atoms with Gasteiger partial charge < -0.3 is 19.5 Å². The number of hydrogen-bond acceptors (Lipinski definition) is 7. The molecule has 0 bridgehead atoms. The van der Waals surface area contributed by atoms with Gasteiger partial charge in [-0.25, -0.2) is 4.98 Å². The predicted octanol–water partition coefficient (Wildman–Crippen LogP) is 2.18. The number of imidazole rings is 1. The zero-order valence-electron chi connectivity index (χ0n) is 18.5. The molecule has 0 unspecified atom stereocenters. The Morgan fingerprint density at radius 3 is 2.88 bits per heavy atom. The highest BCUT2D eigenvalue weighted by Gasteiger charge is 2.27. The van der Waals surface area contributed by atoms with E-state index >= 15 is 0 Å². The number of methoxy groups -OCH3 is 1. The average Bonchev–Trinajstić information content (AvgIpc) is 3.53. The number of aromatic nitrogens is 3. The second-order valence-corrected chi connectivity index (χ2v) is 9.62. The van der Waals surface area contributed by atoms with E-state index in [2.05, 4.69) is 10.3 Å². The van der Waals surface area contributed by atoms with Gasteiger partial charge in [-0.3, -0.25) is 18.8 Å². The van der Waals surface area contributed by atoms with Crippen LogP contribution in [0.25, 0.3) is 4.96 Å². The minimum Gasteiger partial charge on any atom is -0.496 e. The van der Waals surface area contributed by atoms with Crippen LogP contribution >= 0.6 is 22.7 Å². The summed E-state index contributed by atoms with van der Waals surface area (Å²) in [6.45, 7) is 1.48. The number of amides is 2. The molecule has 9 nitrogen and oxygen atoms in total. The van der Waals surface area contributed by atoms with E-state index in [9.17, 15) is 14.4 Å².